The third kappa shape index (κ3) is 4.85. The molecule has 0 aliphatic heterocycles. The summed E-state index contributed by atoms with van der Waals surface area (Å²) in [4.78, 5) is 16.2. The van der Waals surface area contributed by atoms with Gasteiger partial charge in [0.05, 0.1) is 5.52 Å². The van der Waals surface area contributed by atoms with E-state index in [9.17, 15) is 4.79 Å². The molecule has 0 saturated carbocycles. The van der Waals surface area contributed by atoms with Gasteiger partial charge in [0.2, 0.25) is 5.95 Å². The fourth-order valence-electron chi connectivity index (χ4n) is 2.77. The number of H-pyrrole nitrogens is 1. The molecule has 0 spiro atoms. The molecule has 0 fully saturated rings. The summed E-state index contributed by atoms with van der Waals surface area (Å²) in [7, 11) is 1.56. The van der Waals surface area contributed by atoms with E-state index in [4.69, 9.17) is 9.47 Å². The highest BCUT2D eigenvalue weighted by atomic mass is 16.5. The largest absolute Gasteiger partial charge is 0.483 e. The molecular formula is C19H25N5O3. The van der Waals surface area contributed by atoms with Gasteiger partial charge in [-0.15, -0.1) is 5.10 Å². The zero-order valence-corrected chi connectivity index (χ0v) is 15.9. The molecule has 27 heavy (non-hydrogen) atoms. The molecule has 8 nitrogen and oxygen atoms in total. The molecular weight excluding hydrogens is 346 g/mol. The smallest absolute Gasteiger partial charge is 0.264 e. The third-order valence-corrected chi connectivity index (χ3v) is 4.14. The van der Waals surface area contributed by atoms with E-state index in [2.05, 4.69) is 51.2 Å². The Morgan fingerprint density at radius 2 is 2.19 bits per heavy atom. The van der Waals surface area contributed by atoms with E-state index in [1.165, 1.54) is 0 Å². The molecule has 3 rings (SSSR count). The summed E-state index contributed by atoms with van der Waals surface area (Å²) in [6.07, 6.45) is 3.17. The van der Waals surface area contributed by atoms with Crippen LogP contribution < -0.4 is 10.1 Å². The topological polar surface area (TPSA) is 94.1 Å². The van der Waals surface area contributed by atoms with Crippen LogP contribution >= 0.6 is 0 Å². The minimum atomic E-state index is -0.325. The van der Waals surface area contributed by atoms with Crippen LogP contribution in [0.4, 0.5) is 5.95 Å². The van der Waals surface area contributed by atoms with Gasteiger partial charge in [0.25, 0.3) is 5.91 Å². The van der Waals surface area contributed by atoms with E-state index in [1.807, 2.05) is 18.2 Å². The van der Waals surface area contributed by atoms with Crippen molar-refractivity contribution in [2.45, 2.75) is 33.4 Å². The number of aromatic nitrogens is 4. The van der Waals surface area contributed by atoms with E-state index in [1.54, 1.807) is 7.11 Å². The number of rotatable bonds is 9. The SMILES string of the molecule is COCc1nc(NC(=O)COc2cccc3c2ccn3CCC(C)C)n[nH]1. The highest BCUT2D eigenvalue weighted by Gasteiger charge is 2.11. The lowest BCUT2D eigenvalue weighted by Gasteiger charge is -2.10. The van der Waals surface area contributed by atoms with Crippen LogP contribution in [0.25, 0.3) is 10.9 Å². The molecule has 0 radical (unpaired) electrons. The highest BCUT2D eigenvalue weighted by Crippen LogP contribution is 2.27. The second kappa shape index (κ2) is 8.68. The van der Waals surface area contributed by atoms with Crippen molar-refractivity contribution in [1.82, 2.24) is 19.7 Å². The molecule has 8 heteroatoms. The molecule has 1 amide bonds. The Morgan fingerprint density at radius 1 is 1.33 bits per heavy atom. The number of aromatic amines is 1. The third-order valence-electron chi connectivity index (χ3n) is 4.14. The number of benzene rings is 1. The van der Waals surface area contributed by atoms with Gasteiger partial charge in [-0.2, -0.15) is 4.98 Å². The average Bonchev–Trinajstić information content (AvgIpc) is 3.25. The van der Waals surface area contributed by atoms with Crippen LogP contribution in [0.2, 0.25) is 0 Å². The van der Waals surface area contributed by atoms with Gasteiger partial charge in [-0.3, -0.25) is 15.2 Å². The Morgan fingerprint density at radius 3 is 2.96 bits per heavy atom. The second-order valence-electron chi connectivity index (χ2n) is 6.76. The van der Waals surface area contributed by atoms with Crippen molar-refractivity contribution in [1.29, 1.82) is 0 Å². The summed E-state index contributed by atoms with van der Waals surface area (Å²) < 4.78 is 12.9. The lowest BCUT2D eigenvalue weighted by Crippen LogP contribution is -2.21. The normalized spacial score (nSPS) is 11.3. The molecule has 3 aromatic rings. The predicted octanol–water partition coefficient (Wildman–Crippen LogP) is 2.97. The molecule has 2 heterocycles. The molecule has 0 atom stereocenters. The Kier molecular flexibility index (Phi) is 6.08. The summed E-state index contributed by atoms with van der Waals surface area (Å²) in [6, 6.07) is 7.89. The Hall–Kier alpha value is -2.87. The van der Waals surface area contributed by atoms with Crippen LogP contribution in [-0.4, -0.2) is 39.4 Å². The first kappa shape index (κ1) is 18.9. The van der Waals surface area contributed by atoms with Gasteiger partial charge >= 0.3 is 0 Å². The molecule has 2 aromatic heterocycles. The number of amides is 1. The zero-order valence-electron chi connectivity index (χ0n) is 15.9. The molecule has 2 N–H and O–H groups in total. The number of anilines is 1. The Bertz CT molecular complexity index is 900. The minimum Gasteiger partial charge on any atom is -0.483 e. The fourth-order valence-corrected chi connectivity index (χ4v) is 2.77. The molecule has 0 aliphatic carbocycles. The number of carbonyl (C=O) groups excluding carboxylic acids is 1. The molecule has 0 bridgehead atoms. The van der Waals surface area contributed by atoms with E-state index < -0.39 is 0 Å². The monoisotopic (exact) mass is 371 g/mol. The molecule has 1 aromatic carbocycles. The fraction of sp³-hybridized carbons (Fsp3) is 0.421. The van der Waals surface area contributed by atoms with Crippen molar-refractivity contribution in [3.63, 3.8) is 0 Å². The Balaban J connectivity index is 1.61. The van der Waals surface area contributed by atoms with E-state index in [0.717, 1.165) is 23.9 Å². The maximum absolute atomic E-state index is 12.1. The van der Waals surface area contributed by atoms with Crippen molar-refractivity contribution in [2.75, 3.05) is 19.0 Å². The van der Waals surface area contributed by atoms with Crippen LogP contribution in [0.5, 0.6) is 5.75 Å². The highest BCUT2D eigenvalue weighted by molar-refractivity contribution is 5.91. The predicted molar refractivity (Wildman–Crippen MR) is 103 cm³/mol. The molecule has 0 aliphatic rings. The molecule has 0 unspecified atom stereocenters. The van der Waals surface area contributed by atoms with Gasteiger partial charge < -0.3 is 14.0 Å². The van der Waals surface area contributed by atoms with Crippen molar-refractivity contribution in [2.24, 2.45) is 5.92 Å². The summed E-state index contributed by atoms with van der Waals surface area (Å²) in [5, 5.41) is 10.2. The van der Waals surface area contributed by atoms with Gasteiger partial charge in [0.15, 0.2) is 12.4 Å². The number of fused-ring (bicyclic) bond motifs is 1. The number of carbonyl (C=O) groups is 1. The second-order valence-corrected chi connectivity index (χ2v) is 6.76. The minimum absolute atomic E-state index is 0.121. The Labute approximate surface area is 157 Å². The van der Waals surface area contributed by atoms with Crippen LogP contribution in [0.1, 0.15) is 26.1 Å². The van der Waals surface area contributed by atoms with Crippen LogP contribution in [-0.2, 0) is 22.7 Å². The first-order valence-corrected chi connectivity index (χ1v) is 8.97. The number of nitrogens with one attached hydrogen (secondary N) is 2. The summed E-state index contributed by atoms with van der Waals surface area (Å²) >= 11 is 0. The van der Waals surface area contributed by atoms with Crippen LogP contribution in [0, 0.1) is 5.92 Å². The van der Waals surface area contributed by atoms with Gasteiger partial charge in [-0.25, -0.2) is 0 Å². The van der Waals surface area contributed by atoms with Crippen LogP contribution in [0.3, 0.4) is 0 Å². The summed E-state index contributed by atoms with van der Waals surface area (Å²) in [6.45, 7) is 5.57. The summed E-state index contributed by atoms with van der Waals surface area (Å²) in [5.74, 6) is 1.75. The number of hydrogen-bond acceptors (Lipinski definition) is 5. The quantitative estimate of drug-likeness (QED) is 0.603. The van der Waals surface area contributed by atoms with Gasteiger partial charge in [0, 0.05) is 25.2 Å². The van der Waals surface area contributed by atoms with E-state index >= 15 is 0 Å². The molecule has 0 saturated heterocycles. The van der Waals surface area contributed by atoms with Crippen molar-refractivity contribution in [3.05, 3.63) is 36.3 Å². The van der Waals surface area contributed by atoms with Gasteiger partial charge in [-0.1, -0.05) is 19.9 Å². The van der Waals surface area contributed by atoms with Crippen LogP contribution in [0.15, 0.2) is 30.5 Å². The van der Waals surface area contributed by atoms with Gasteiger partial charge in [0.1, 0.15) is 12.4 Å². The number of hydrogen-bond donors (Lipinski definition) is 2. The van der Waals surface area contributed by atoms with Crippen molar-refractivity contribution in [3.8, 4) is 5.75 Å². The standard InChI is InChI=1S/C19H25N5O3/c1-13(2)7-9-24-10-8-14-15(24)5-4-6-16(14)27-12-18(25)21-19-20-17(11-26-3)22-23-19/h4-6,8,10,13H,7,9,11-12H2,1-3H3,(H2,20,21,22,23,25). The number of nitrogens with zero attached hydrogens (tertiary/aromatic N) is 3. The molecule has 144 valence electrons. The maximum atomic E-state index is 12.1. The average molecular weight is 371 g/mol. The lowest BCUT2D eigenvalue weighted by molar-refractivity contribution is -0.118. The van der Waals surface area contributed by atoms with E-state index in [0.29, 0.717) is 24.1 Å². The number of methoxy groups -OCH3 is 1. The van der Waals surface area contributed by atoms with Crippen molar-refractivity contribution < 1.29 is 14.3 Å². The first-order chi connectivity index (χ1) is 13.1. The van der Waals surface area contributed by atoms with E-state index in [-0.39, 0.29) is 18.5 Å². The summed E-state index contributed by atoms with van der Waals surface area (Å²) in [5.41, 5.74) is 1.10. The number of aryl methyl sites for hydroxylation is 1. The maximum Gasteiger partial charge on any atom is 0.264 e. The first-order valence-electron chi connectivity index (χ1n) is 8.97. The number of ether oxygens (including phenoxy) is 2. The lowest BCUT2D eigenvalue weighted by atomic mass is 10.1. The zero-order chi connectivity index (χ0) is 19.2. The van der Waals surface area contributed by atoms with Gasteiger partial charge in [-0.05, 0) is 30.5 Å². The van der Waals surface area contributed by atoms with Crippen molar-refractivity contribution >= 4 is 22.8 Å².